The first kappa shape index (κ1) is 15.9. The van der Waals surface area contributed by atoms with E-state index in [-0.39, 0.29) is 29.0 Å². The van der Waals surface area contributed by atoms with E-state index in [2.05, 4.69) is 15.6 Å². The first-order valence-electron chi connectivity index (χ1n) is 7.70. The maximum absolute atomic E-state index is 12.3. The van der Waals surface area contributed by atoms with Crippen LogP contribution in [0.15, 0.2) is 23.1 Å². The maximum Gasteiger partial charge on any atom is 0.257 e. The molecule has 0 atom stereocenters. The van der Waals surface area contributed by atoms with Gasteiger partial charge in [0.05, 0.1) is 11.3 Å². The Hall–Kier alpha value is -1.93. The summed E-state index contributed by atoms with van der Waals surface area (Å²) in [5.74, 6) is -0.576. The highest BCUT2D eigenvalue weighted by Gasteiger charge is 2.24. The molecule has 0 aromatic heterocycles. The number of carbonyl (C=O) groups is 2. The highest BCUT2D eigenvalue weighted by Crippen LogP contribution is 2.26. The van der Waals surface area contributed by atoms with Crippen LogP contribution in [-0.2, 0) is 26.0 Å². The lowest BCUT2D eigenvalue weighted by atomic mass is 9.89. The van der Waals surface area contributed by atoms with Crippen molar-refractivity contribution in [3.05, 3.63) is 23.8 Å². The normalized spacial score (nSPS) is 18.3. The molecule has 3 rings (SSSR count). The number of anilines is 1. The summed E-state index contributed by atoms with van der Waals surface area (Å²) in [4.78, 5) is 25.5. The van der Waals surface area contributed by atoms with Crippen LogP contribution in [0.3, 0.4) is 0 Å². The number of hydrogen-bond acceptors (Lipinski definition) is 4. The molecular weight excluding hydrogens is 318 g/mol. The molecule has 7 nitrogen and oxygen atoms in total. The van der Waals surface area contributed by atoms with Gasteiger partial charge < -0.3 is 5.32 Å². The van der Waals surface area contributed by atoms with Crippen molar-refractivity contribution >= 4 is 27.5 Å². The summed E-state index contributed by atoms with van der Waals surface area (Å²) in [5, 5.41) is 2.65. The summed E-state index contributed by atoms with van der Waals surface area (Å²) in [6, 6.07) is 4.40. The Kier molecular flexibility index (Phi) is 4.36. The molecule has 0 radical (unpaired) electrons. The monoisotopic (exact) mass is 337 g/mol. The van der Waals surface area contributed by atoms with E-state index in [0.717, 1.165) is 32.1 Å². The Balaban J connectivity index is 1.66. The molecule has 8 heteroatoms. The second kappa shape index (κ2) is 6.29. The average molecular weight is 337 g/mol. The summed E-state index contributed by atoms with van der Waals surface area (Å²) in [6.45, 7) is 0. The number of rotatable bonds is 4. The summed E-state index contributed by atoms with van der Waals surface area (Å²) in [5.41, 5.74) is 3.57. The molecule has 23 heavy (non-hydrogen) atoms. The Morgan fingerprint density at radius 2 is 1.91 bits per heavy atom. The van der Waals surface area contributed by atoms with Gasteiger partial charge in [-0.15, -0.1) is 4.83 Å². The lowest BCUT2D eigenvalue weighted by molar-refractivity contribution is -0.126. The zero-order valence-corrected chi connectivity index (χ0v) is 13.4. The Morgan fingerprint density at radius 1 is 1.17 bits per heavy atom. The van der Waals surface area contributed by atoms with E-state index < -0.39 is 10.0 Å². The predicted octanol–water partition coefficient (Wildman–Crippen LogP) is 1.07. The van der Waals surface area contributed by atoms with Crippen LogP contribution < -0.4 is 15.6 Å². The van der Waals surface area contributed by atoms with Crippen molar-refractivity contribution in [2.75, 3.05) is 5.32 Å². The van der Waals surface area contributed by atoms with Crippen molar-refractivity contribution in [3.8, 4) is 0 Å². The fourth-order valence-electron chi connectivity index (χ4n) is 3.02. The molecule has 0 spiro atoms. The van der Waals surface area contributed by atoms with Crippen molar-refractivity contribution in [1.82, 2.24) is 10.3 Å². The molecule has 3 N–H and O–H groups in total. The van der Waals surface area contributed by atoms with Gasteiger partial charge >= 0.3 is 0 Å². The molecule has 1 heterocycles. The minimum absolute atomic E-state index is 0.0247. The van der Waals surface area contributed by atoms with E-state index in [9.17, 15) is 18.0 Å². The van der Waals surface area contributed by atoms with Gasteiger partial charge in [0, 0.05) is 11.6 Å². The fraction of sp³-hybridized carbons (Fsp3) is 0.467. The lowest BCUT2D eigenvalue weighted by Gasteiger charge is -2.20. The number of benzene rings is 1. The highest BCUT2D eigenvalue weighted by atomic mass is 32.2. The molecule has 1 fully saturated rings. The van der Waals surface area contributed by atoms with Gasteiger partial charge in [-0.3, -0.25) is 15.0 Å². The van der Waals surface area contributed by atoms with Gasteiger partial charge in [0.15, 0.2) is 0 Å². The van der Waals surface area contributed by atoms with Gasteiger partial charge in [-0.2, -0.15) is 0 Å². The van der Waals surface area contributed by atoms with E-state index in [1.54, 1.807) is 6.07 Å². The number of fused-ring (bicyclic) bond motifs is 1. The average Bonchev–Trinajstić information content (AvgIpc) is 2.92. The first-order valence-corrected chi connectivity index (χ1v) is 9.18. The second-order valence-corrected chi connectivity index (χ2v) is 7.66. The molecule has 2 aliphatic rings. The van der Waals surface area contributed by atoms with Gasteiger partial charge in [-0.1, -0.05) is 19.3 Å². The Morgan fingerprint density at radius 3 is 2.65 bits per heavy atom. The molecule has 0 unspecified atom stereocenters. The van der Waals surface area contributed by atoms with Crippen LogP contribution in [0.5, 0.6) is 0 Å². The lowest BCUT2D eigenvalue weighted by Crippen LogP contribution is -2.44. The molecule has 124 valence electrons. The quantitative estimate of drug-likeness (QED) is 0.715. The van der Waals surface area contributed by atoms with Crippen molar-refractivity contribution in [2.24, 2.45) is 5.92 Å². The van der Waals surface area contributed by atoms with Crippen molar-refractivity contribution < 1.29 is 18.0 Å². The van der Waals surface area contributed by atoms with Crippen LogP contribution in [0.25, 0.3) is 0 Å². The van der Waals surface area contributed by atoms with Crippen LogP contribution in [0.2, 0.25) is 0 Å². The summed E-state index contributed by atoms with van der Waals surface area (Å²) >= 11 is 0. The summed E-state index contributed by atoms with van der Waals surface area (Å²) in [7, 11) is -3.85. The van der Waals surface area contributed by atoms with Crippen LogP contribution in [-0.4, -0.2) is 20.2 Å². The van der Waals surface area contributed by atoms with Crippen LogP contribution in [0, 0.1) is 5.92 Å². The molecule has 1 saturated carbocycles. The van der Waals surface area contributed by atoms with Gasteiger partial charge in [-0.25, -0.2) is 8.42 Å². The summed E-state index contributed by atoms with van der Waals surface area (Å²) in [6.07, 6.45) is 4.86. The highest BCUT2D eigenvalue weighted by molar-refractivity contribution is 7.89. The molecule has 0 bridgehead atoms. The number of amides is 2. The number of hydrogen-bond donors (Lipinski definition) is 3. The topological polar surface area (TPSA) is 104 Å². The standard InChI is InChI=1S/C15H19N3O4S/c19-14-9-11-8-12(6-7-13(11)16-14)23(21,22)18-17-15(20)10-4-2-1-3-5-10/h6-8,10,18H,1-5,9H2,(H,16,19)(H,17,20). The predicted molar refractivity (Wildman–Crippen MR) is 83.8 cm³/mol. The number of carbonyl (C=O) groups excluding carboxylic acids is 2. The van der Waals surface area contributed by atoms with E-state index in [1.807, 2.05) is 0 Å². The zero-order valence-electron chi connectivity index (χ0n) is 12.6. The minimum Gasteiger partial charge on any atom is -0.326 e. The second-order valence-electron chi connectivity index (χ2n) is 5.97. The zero-order chi connectivity index (χ0) is 16.4. The minimum atomic E-state index is -3.85. The van der Waals surface area contributed by atoms with Gasteiger partial charge in [0.1, 0.15) is 0 Å². The molecular formula is C15H19N3O4S. The molecule has 1 aliphatic heterocycles. The number of hydrazine groups is 1. The molecule has 1 aromatic rings. The Bertz CT molecular complexity index is 739. The van der Waals surface area contributed by atoms with Gasteiger partial charge in [-0.05, 0) is 36.6 Å². The van der Waals surface area contributed by atoms with E-state index in [0.29, 0.717) is 11.3 Å². The van der Waals surface area contributed by atoms with Crippen LogP contribution >= 0.6 is 0 Å². The van der Waals surface area contributed by atoms with Gasteiger partial charge in [0.2, 0.25) is 11.8 Å². The molecule has 2 amide bonds. The van der Waals surface area contributed by atoms with Crippen LogP contribution in [0.4, 0.5) is 5.69 Å². The van der Waals surface area contributed by atoms with Crippen molar-refractivity contribution in [3.63, 3.8) is 0 Å². The van der Waals surface area contributed by atoms with E-state index in [1.165, 1.54) is 12.1 Å². The first-order chi connectivity index (χ1) is 11.0. The summed E-state index contributed by atoms with van der Waals surface area (Å²) < 4.78 is 24.5. The number of sulfonamides is 1. The fourth-order valence-corrected chi connectivity index (χ4v) is 3.91. The third kappa shape index (κ3) is 3.53. The largest absolute Gasteiger partial charge is 0.326 e. The van der Waals surface area contributed by atoms with Crippen molar-refractivity contribution in [1.29, 1.82) is 0 Å². The molecule has 1 aromatic carbocycles. The smallest absolute Gasteiger partial charge is 0.257 e. The van der Waals surface area contributed by atoms with E-state index >= 15 is 0 Å². The molecule has 0 saturated heterocycles. The third-order valence-electron chi connectivity index (χ3n) is 4.30. The SMILES string of the molecule is O=C1Cc2cc(S(=O)(=O)NNC(=O)C3CCCCC3)ccc2N1. The third-order valence-corrected chi connectivity index (χ3v) is 5.54. The van der Waals surface area contributed by atoms with Crippen LogP contribution in [0.1, 0.15) is 37.7 Å². The molecule has 1 aliphatic carbocycles. The Labute approximate surface area is 134 Å². The van der Waals surface area contributed by atoms with E-state index in [4.69, 9.17) is 0 Å². The van der Waals surface area contributed by atoms with Crippen molar-refractivity contribution in [2.45, 2.75) is 43.4 Å². The number of nitrogens with one attached hydrogen (secondary N) is 3. The van der Waals surface area contributed by atoms with Gasteiger partial charge in [0.25, 0.3) is 10.0 Å². The maximum atomic E-state index is 12.3.